The van der Waals surface area contributed by atoms with Crippen molar-refractivity contribution in [2.24, 2.45) is 25.6 Å². The summed E-state index contributed by atoms with van der Waals surface area (Å²) < 4.78 is 47.0. The number of rotatable bonds is 24. The number of benzene rings is 6. The number of nitrogens with two attached hydrogens (primary N) is 2. The van der Waals surface area contributed by atoms with Gasteiger partial charge in [-0.25, -0.2) is 19.3 Å². The molecule has 5 N–H and O–H groups in total. The summed E-state index contributed by atoms with van der Waals surface area (Å²) in [6, 6.07) is 34.5. The molecule has 98 heavy (non-hydrogen) atoms. The monoisotopic (exact) mass is 1350 g/mol. The number of hydrogen-bond donors (Lipinski definition) is 3. The molecule has 6 aromatic carbocycles. The van der Waals surface area contributed by atoms with Crippen LogP contribution in [0.2, 0.25) is 0 Å². The molecule has 1 aliphatic rings. The van der Waals surface area contributed by atoms with E-state index in [1.807, 2.05) is 140 Å². The van der Waals surface area contributed by atoms with Crippen LogP contribution in [0.3, 0.4) is 0 Å². The van der Waals surface area contributed by atoms with Crippen LogP contribution in [0.5, 0.6) is 28.7 Å². The van der Waals surface area contributed by atoms with Crippen molar-refractivity contribution < 1.29 is 33.2 Å². The Hall–Kier alpha value is -10.5. The lowest BCUT2D eigenvalue weighted by molar-refractivity contribution is 0.162. The van der Waals surface area contributed by atoms with Gasteiger partial charge in [-0.2, -0.15) is 28.8 Å². The van der Waals surface area contributed by atoms with Gasteiger partial charge >= 0.3 is 0 Å². The maximum atomic E-state index is 14.2. The van der Waals surface area contributed by atoms with Crippen molar-refractivity contribution >= 4 is 80.7 Å². The Morgan fingerprint density at radius 3 is 1.31 bits per heavy atom. The topological polar surface area (TPSA) is 262 Å². The number of aliphatic hydroxyl groups excluding tert-OH is 1. The Morgan fingerprint density at radius 1 is 0.500 bits per heavy atom. The van der Waals surface area contributed by atoms with Crippen molar-refractivity contribution in [3.8, 4) is 62.5 Å². The number of nitrogens with zero attached hydrogens (tertiary/aromatic N) is 16. The van der Waals surface area contributed by atoms with Crippen LogP contribution in [-0.4, -0.2) is 163 Å². The lowest BCUT2D eigenvalue weighted by atomic mass is 10.2. The fraction of sp³-hybridized carbons (Fsp3) is 0.292. The predicted octanol–water partition coefficient (Wildman–Crippen LogP) is 11.0. The minimum atomic E-state index is -0.364. The van der Waals surface area contributed by atoms with E-state index >= 15 is 0 Å². The Balaban J connectivity index is 0.000000159. The van der Waals surface area contributed by atoms with Crippen LogP contribution in [-0.2, 0) is 20.6 Å². The summed E-state index contributed by atoms with van der Waals surface area (Å²) in [7, 11) is 10.3. The van der Waals surface area contributed by atoms with Crippen LogP contribution in [0.1, 0.15) is 26.7 Å². The highest BCUT2D eigenvalue weighted by atomic mass is 32.1. The molecule has 26 heteroatoms. The summed E-state index contributed by atoms with van der Waals surface area (Å²) in [5.41, 5.74) is 27.0. The highest BCUT2D eigenvalue weighted by Crippen LogP contribution is 2.38. The van der Waals surface area contributed by atoms with Gasteiger partial charge in [-0.3, -0.25) is 33.9 Å². The number of anilines is 6. The van der Waals surface area contributed by atoms with E-state index in [2.05, 4.69) is 64.0 Å². The Labute approximate surface area is 575 Å². The molecule has 6 aromatic heterocycles. The molecule has 1 saturated heterocycles. The molecule has 1 atom stereocenters. The summed E-state index contributed by atoms with van der Waals surface area (Å²) >= 11 is 0. The summed E-state index contributed by atoms with van der Waals surface area (Å²) in [6.07, 6.45) is 18.6. The smallest absolute Gasteiger partial charge is 0.128 e. The van der Waals surface area contributed by atoms with E-state index in [1.54, 1.807) is 68.8 Å². The molecule has 13 rings (SSSR count). The van der Waals surface area contributed by atoms with Crippen molar-refractivity contribution in [2.45, 2.75) is 39.3 Å². The number of hydrogen-bond acceptors (Lipinski definition) is 21. The molecular weight excluding hydrogens is 1260 g/mol. The van der Waals surface area contributed by atoms with Crippen LogP contribution in [0.4, 0.5) is 38.5 Å². The molecule has 0 radical (unpaired) electrons. The fourth-order valence-electron chi connectivity index (χ4n) is 11.7. The van der Waals surface area contributed by atoms with E-state index in [0.29, 0.717) is 55.7 Å². The average molecular weight is 1350 g/mol. The van der Waals surface area contributed by atoms with Gasteiger partial charge in [0.1, 0.15) is 34.6 Å². The van der Waals surface area contributed by atoms with Gasteiger partial charge in [0.15, 0.2) is 0 Å². The molecule has 1 aliphatic heterocycles. The first-order valence-corrected chi connectivity index (χ1v) is 32.1. The molecule has 12 aromatic rings. The van der Waals surface area contributed by atoms with Gasteiger partial charge < -0.3 is 55.0 Å². The number of aromatic nitrogens is 12. The second kappa shape index (κ2) is 33.0. The first kappa shape index (κ1) is 70.3. The number of fused-ring (bicyclic) bond motifs is 3. The minimum Gasteiger partial charge on any atom is -0.497 e. The molecule has 0 unspecified atom stereocenters. The zero-order chi connectivity index (χ0) is 68.0. The third kappa shape index (κ3) is 16.8. The number of aryl methyl sites for hydroxylation is 3. The van der Waals surface area contributed by atoms with Crippen molar-refractivity contribution in [3.63, 3.8) is 0 Å². The summed E-state index contributed by atoms with van der Waals surface area (Å²) in [6.45, 7) is 9.95. The molecule has 0 amide bonds. The largest absolute Gasteiger partial charge is 0.497 e. The van der Waals surface area contributed by atoms with E-state index in [-0.39, 0.29) is 32.0 Å². The Morgan fingerprint density at radius 2 is 0.918 bits per heavy atom. The third-order valence-corrected chi connectivity index (χ3v) is 16.6. The van der Waals surface area contributed by atoms with E-state index < -0.39 is 0 Å². The van der Waals surface area contributed by atoms with Gasteiger partial charge in [-0.1, -0.05) is 0 Å². The van der Waals surface area contributed by atoms with Gasteiger partial charge in [-0.05, 0) is 93.9 Å². The van der Waals surface area contributed by atoms with Crippen LogP contribution in [0.25, 0.3) is 66.9 Å². The maximum Gasteiger partial charge on any atom is 0.128 e. The van der Waals surface area contributed by atoms with Crippen LogP contribution in [0.15, 0.2) is 165 Å². The minimum absolute atomic E-state index is 0. The highest BCUT2D eigenvalue weighted by molar-refractivity contribution is 7.59. The van der Waals surface area contributed by atoms with Gasteiger partial charge in [0.05, 0.1) is 129 Å². The number of halogens is 1. The molecule has 24 nitrogen and oxygen atoms in total. The lowest BCUT2D eigenvalue weighted by Gasteiger charge is -2.30. The highest BCUT2D eigenvalue weighted by Gasteiger charge is 2.25. The second-order valence-electron chi connectivity index (χ2n) is 22.9. The first-order valence-electron chi connectivity index (χ1n) is 32.1. The van der Waals surface area contributed by atoms with Crippen molar-refractivity contribution in [2.75, 3.05) is 102 Å². The number of methoxy groups -OCH3 is 4. The molecule has 0 saturated carbocycles. The summed E-state index contributed by atoms with van der Waals surface area (Å²) in [5.74, 6) is 3.00. The van der Waals surface area contributed by atoms with Crippen LogP contribution >= 0.6 is 13.5 Å². The lowest BCUT2D eigenvalue weighted by Crippen LogP contribution is -2.38. The Bertz CT molecular complexity index is 4590. The molecule has 7 heterocycles. The standard InChI is InChI=1S/C27H32N6O3.C23H26N6O2.C22H23FN6O.H2S/c1-31-17-19(15-29-31)27-16-28-25-7-6-20(13-26(25)30-27)33(10-9-32-8-4-5-21(32)18-34)22-11-23(35-2)14-24(12-22)36-3;1-4-28-15-16(13-26-28)23-14-25-21-6-5-17(11-22(21)27-23)29(8-7-24)18-9-19(30-2)12-20(10-18)31-3;1-3-30-19-9-16(23)8-18(10-19)29(7-6-24)17-4-5-20-21(11-17)27-22(13-25-20)15-12-26-28(2)14-15;/h6-7,11-17,21,34H,4-5,8-10,18H2,1-3H3;5-6,9-15H,4,7-8,24H2,1-3H3;4-5,8-14H,3,6-7,24H2,1-2H3;1H2/t21-;;;/m1.../s1. The van der Waals surface area contributed by atoms with E-state index in [4.69, 9.17) is 50.1 Å². The molecular formula is C72H83FN18O6S. The zero-order valence-corrected chi connectivity index (χ0v) is 57.3. The SMILES string of the molecule is CCOc1cc(F)cc(N(CCN)c2ccc3ncc(-c4cnn(C)c4)nc3c2)c1.CCn1cc(-c2cnc3ccc(N(CCN)c4cc(OC)cc(OC)c4)cc3n2)cn1.COc1cc(OC)cc(N(CCN2CCC[C@@H]2CO)c2ccc3ncc(-c4cnn(C)c4)nc3c2)c1.S. The predicted molar refractivity (Wildman–Crippen MR) is 388 cm³/mol. The summed E-state index contributed by atoms with van der Waals surface area (Å²) in [4.78, 5) is 36.9. The molecule has 0 spiro atoms. The number of aliphatic hydroxyl groups is 1. The summed E-state index contributed by atoms with van der Waals surface area (Å²) in [5, 5.41) is 22.6. The molecule has 0 bridgehead atoms. The van der Waals surface area contributed by atoms with Crippen molar-refractivity contribution in [1.29, 1.82) is 0 Å². The molecule has 1 fully saturated rings. The van der Waals surface area contributed by atoms with Gasteiger partial charge in [0.25, 0.3) is 0 Å². The van der Waals surface area contributed by atoms with Gasteiger partial charge in [0, 0.05) is 184 Å². The fourth-order valence-corrected chi connectivity index (χ4v) is 11.7. The average Bonchev–Trinajstić information content (AvgIpc) is 0.908. The quantitative estimate of drug-likeness (QED) is 0.0508. The first-order chi connectivity index (χ1) is 47.3. The van der Waals surface area contributed by atoms with Crippen LogP contribution < -0.4 is 49.9 Å². The number of likely N-dealkylation sites (tertiary alicyclic amines) is 1. The third-order valence-electron chi connectivity index (χ3n) is 16.6. The molecule has 0 aliphatic carbocycles. The van der Waals surface area contributed by atoms with Crippen molar-refractivity contribution in [1.82, 2.24) is 64.1 Å². The maximum absolute atomic E-state index is 14.2. The normalized spacial score (nSPS) is 12.7. The van der Waals surface area contributed by atoms with Gasteiger partial charge in [-0.15, -0.1) is 0 Å². The Kier molecular flexibility index (Phi) is 23.6. The second-order valence-corrected chi connectivity index (χ2v) is 22.9. The van der Waals surface area contributed by atoms with E-state index in [0.717, 1.165) is 146 Å². The van der Waals surface area contributed by atoms with Crippen molar-refractivity contribution in [3.05, 3.63) is 171 Å². The van der Waals surface area contributed by atoms with E-state index in [1.165, 1.54) is 12.1 Å². The van der Waals surface area contributed by atoms with Crippen LogP contribution in [0, 0.1) is 5.82 Å². The number of ether oxygens (including phenoxy) is 5. The molecule has 510 valence electrons. The van der Waals surface area contributed by atoms with E-state index in [9.17, 15) is 9.50 Å². The zero-order valence-electron chi connectivity index (χ0n) is 56.3. The van der Waals surface area contributed by atoms with Gasteiger partial charge in [0.2, 0.25) is 0 Å².